The molecule has 4 N–H and O–H groups in total. The predicted octanol–water partition coefficient (Wildman–Crippen LogP) is 1.07. The van der Waals surface area contributed by atoms with E-state index in [1.807, 2.05) is 0 Å². The van der Waals surface area contributed by atoms with Crippen LogP contribution in [0.3, 0.4) is 0 Å². The average molecular weight is 269 g/mol. The van der Waals surface area contributed by atoms with Crippen molar-refractivity contribution in [1.82, 2.24) is 5.32 Å². The normalized spacial score (nSPS) is 23.9. The number of nitrogens with one attached hydrogen (secondary N) is 1. The Balaban J connectivity index is 2.37. The minimum Gasteiger partial charge on any atom is -0.409 e. The summed E-state index contributed by atoms with van der Waals surface area (Å²) in [5.41, 5.74) is 5.03. The fraction of sp³-hybridized carbons (Fsp3) is 0.900. The number of nitrogens with two attached hydrogens (primary N) is 1. The van der Waals surface area contributed by atoms with Crippen LogP contribution in [0.25, 0.3) is 0 Å². The third-order valence-corrected chi connectivity index (χ3v) is 2.86. The van der Waals surface area contributed by atoms with Gasteiger partial charge in [-0.15, -0.1) is 0 Å². The first-order valence-electron chi connectivity index (χ1n) is 5.81. The van der Waals surface area contributed by atoms with E-state index in [1.165, 1.54) is 0 Å². The summed E-state index contributed by atoms with van der Waals surface area (Å²) in [7, 11) is 0. The zero-order valence-corrected chi connectivity index (χ0v) is 9.91. The second-order valence-electron chi connectivity index (χ2n) is 4.27. The molecule has 0 aliphatic carbocycles. The van der Waals surface area contributed by atoms with Gasteiger partial charge in [0.25, 0.3) is 0 Å². The second kappa shape index (κ2) is 6.79. The molecule has 1 fully saturated rings. The van der Waals surface area contributed by atoms with Crippen LogP contribution in [-0.2, 0) is 4.74 Å². The van der Waals surface area contributed by atoms with Crippen LogP contribution in [-0.4, -0.2) is 43.0 Å². The van der Waals surface area contributed by atoms with E-state index in [0.717, 1.165) is 19.3 Å². The fourth-order valence-electron chi connectivity index (χ4n) is 1.81. The number of oxime groups is 1. The topological polar surface area (TPSA) is 79.9 Å². The Labute approximate surface area is 103 Å². The lowest BCUT2D eigenvalue weighted by Crippen LogP contribution is -2.44. The van der Waals surface area contributed by atoms with E-state index >= 15 is 0 Å². The first-order chi connectivity index (χ1) is 8.45. The highest BCUT2D eigenvalue weighted by Crippen LogP contribution is 2.25. The van der Waals surface area contributed by atoms with Crippen molar-refractivity contribution in [3.63, 3.8) is 0 Å². The summed E-state index contributed by atoms with van der Waals surface area (Å²) in [4.78, 5) is 0. The SMILES string of the molecule is NC(=NO)C(CNCC1CCCCO1)C(F)(F)F. The summed E-state index contributed by atoms with van der Waals surface area (Å²) in [5, 5.41) is 13.4. The average Bonchev–Trinajstić information content (AvgIpc) is 2.33. The minimum atomic E-state index is -4.53. The van der Waals surface area contributed by atoms with Gasteiger partial charge in [-0.05, 0) is 19.3 Å². The van der Waals surface area contributed by atoms with E-state index in [2.05, 4.69) is 10.5 Å². The zero-order valence-electron chi connectivity index (χ0n) is 9.91. The number of amidine groups is 1. The van der Waals surface area contributed by atoms with Crippen LogP contribution in [0.15, 0.2) is 5.16 Å². The van der Waals surface area contributed by atoms with Crippen molar-refractivity contribution in [2.75, 3.05) is 19.7 Å². The van der Waals surface area contributed by atoms with Gasteiger partial charge in [0.1, 0.15) is 5.92 Å². The highest BCUT2D eigenvalue weighted by molar-refractivity contribution is 5.83. The van der Waals surface area contributed by atoms with E-state index < -0.39 is 24.5 Å². The van der Waals surface area contributed by atoms with Crippen molar-refractivity contribution in [3.05, 3.63) is 0 Å². The highest BCUT2D eigenvalue weighted by Gasteiger charge is 2.42. The minimum absolute atomic E-state index is 0.0556. The molecule has 0 saturated carbocycles. The van der Waals surface area contributed by atoms with Gasteiger partial charge >= 0.3 is 6.18 Å². The molecular weight excluding hydrogens is 251 g/mol. The molecule has 1 aliphatic heterocycles. The summed E-state index contributed by atoms with van der Waals surface area (Å²) in [6, 6.07) is 0. The smallest absolute Gasteiger partial charge is 0.400 e. The molecule has 0 aromatic heterocycles. The third kappa shape index (κ3) is 4.69. The van der Waals surface area contributed by atoms with Gasteiger partial charge in [-0.25, -0.2) is 0 Å². The van der Waals surface area contributed by atoms with E-state index in [1.54, 1.807) is 0 Å². The van der Waals surface area contributed by atoms with Crippen LogP contribution in [0.1, 0.15) is 19.3 Å². The molecule has 0 aromatic carbocycles. The molecule has 8 heteroatoms. The summed E-state index contributed by atoms with van der Waals surface area (Å²) in [5.74, 6) is -2.81. The van der Waals surface area contributed by atoms with Crippen molar-refractivity contribution in [2.24, 2.45) is 16.8 Å². The molecule has 2 atom stereocenters. The van der Waals surface area contributed by atoms with Crippen molar-refractivity contribution in [2.45, 2.75) is 31.5 Å². The number of nitrogens with zero attached hydrogens (tertiary/aromatic N) is 1. The summed E-state index contributed by atoms with van der Waals surface area (Å²) in [6.45, 7) is 0.569. The van der Waals surface area contributed by atoms with Gasteiger partial charge in [0.05, 0.1) is 6.10 Å². The molecule has 1 heterocycles. The molecule has 18 heavy (non-hydrogen) atoms. The predicted molar refractivity (Wildman–Crippen MR) is 59.4 cm³/mol. The highest BCUT2D eigenvalue weighted by atomic mass is 19.4. The number of alkyl halides is 3. The zero-order chi connectivity index (χ0) is 13.6. The van der Waals surface area contributed by atoms with Crippen LogP contribution < -0.4 is 11.1 Å². The van der Waals surface area contributed by atoms with Crippen LogP contribution in [0.5, 0.6) is 0 Å². The summed E-state index contributed by atoms with van der Waals surface area (Å²) in [6.07, 6.45) is -1.73. The van der Waals surface area contributed by atoms with Gasteiger partial charge in [0, 0.05) is 19.7 Å². The Kier molecular flexibility index (Phi) is 5.67. The molecule has 0 amide bonds. The second-order valence-corrected chi connectivity index (χ2v) is 4.27. The van der Waals surface area contributed by atoms with Crippen molar-refractivity contribution in [1.29, 1.82) is 0 Å². The van der Waals surface area contributed by atoms with Crippen LogP contribution in [0.2, 0.25) is 0 Å². The lowest BCUT2D eigenvalue weighted by Gasteiger charge is -2.24. The van der Waals surface area contributed by atoms with Gasteiger partial charge in [-0.3, -0.25) is 0 Å². The third-order valence-electron chi connectivity index (χ3n) is 2.86. The Bertz CT molecular complexity index is 278. The number of rotatable bonds is 5. The standard InChI is InChI=1S/C10H18F3N3O2/c11-10(12,13)8(9(14)16-17)6-15-5-7-3-1-2-4-18-7/h7-8,15,17H,1-6H2,(H2,14,16). The molecule has 5 nitrogen and oxygen atoms in total. The summed E-state index contributed by atoms with van der Waals surface area (Å²) >= 11 is 0. The van der Waals surface area contributed by atoms with Crippen LogP contribution in [0, 0.1) is 5.92 Å². The number of halogens is 3. The molecule has 0 bridgehead atoms. The number of ether oxygens (including phenoxy) is 1. The Morgan fingerprint density at radius 1 is 1.50 bits per heavy atom. The van der Waals surface area contributed by atoms with Gasteiger partial charge in [0.2, 0.25) is 0 Å². The molecular formula is C10H18F3N3O2. The largest absolute Gasteiger partial charge is 0.409 e. The van der Waals surface area contributed by atoms with Gasteiger partial charge in [0.15, 0.2) is 5.84 Å². The maximum absolute atomic E-state index is 12.6. The number of hydrogen-bond acceptors (Lipinski definition) is 4. The molecule has 1 rings (SSSR count). The van der Waals surface area contributed by atoms with Gasteiger partial charge < -0.3 is 21.0 Å². The fourth-order valence-corrected chi connectivity index (χ4v) is 1.81. The van der Waals surface area contributed by atoms with Crippen LogP contribution in [0.4, 0.5) is 13.2 Å². The molecule has 106 valence electrons. The maximum atomic E-state index is 12.6. The van der Waals surface area contributed by atoms with E-state index in [9.17, 15) is 13.2 Å². The molecule has 0 radical (unpaired) electrons. The lowest BCUT2D eigenvalue weighted by molar-refractivity contribution is -0.155. The van der Waals surface area contributed by atoms with Crippen molar-refractivity contribution in [3.8, 4) is 0 Å². The number of hydrogen-bond donors (Lipinski definition) is 3. The van der Waals surface area contributed by atoms with Gasteiger partial charge in [-0.2, -0.15) is 13.2 Å². The quantitative estimate of drug-likeness (QED) is 0.302. The van der Waals surface area contributed by atoms with E-state index in [0.29, 0.717) is 13.2 Å². The molecule has 1 saturated heterocycles. The Morgan fingerprint density at radius 2 is 2.22 bits per heavy atom. The Hall–Kier alpha value is -1.02. The van der Waals surface area contributed by atoms with E-state index in [-0.39, 0.29) is 6.10 Å². The van der Waals surface area contributed by atoms with Gasteiger partial charge in [-0.1, -0.05) is 5.16 Å². The van der Waals surface area contributed by atoms with Crippen molar-refractivity contribution < 1.29 is 23.1 Å². The molecule has 1 aliphatic rings. The monoisotopic (exact) mass is 269 g/mol. The maximum Gasteiger partial charge on any atom is 0.400 e. The van der Waals surface area contributed by atoms with E-state index in [4.69, 9.17) is 15.7 Å². The molecule has 0 aromatic rings. The molecule has 0 spiro atoms. The first-order valence-corrected chi connectivity index (χ1v) is 5.81. The van der Waals surface area contributed by atoms with Crippen molar-refractivity contribution >= 4 is 5.84 Å². The molecule has 2 unspecified atom stereocenters. The first kappa shape index (κ1) is 15.0. The lowest BCUT2D eigenvalue weighted by atomic mass is 10.1. The summed E-state index contributed by atoms with van der Waals surface area (Å²) < 4.78 is 43.1. The van der Waals surface area contributed by atoms with Crippen LogP contribution >= 0.6 is 0 Å². The Morgan fingerprint density at radius 3 is 2.72 bits per heavy atom.